The van der Waals surface area contributed by atoms with Crippen molar-refractivity contribution in [1.82, 2.24) is 0 Å². The molecule has 2 aliphatic rings. The second-order valence-electron chi connectivity index (χ2n) is 4.04. The molecule has 0 heterocycles. The van der Waals surface area contributed by atoms with Crippen LogP contribution in [0.3, 0.4) is 0 Å². The van der Waals surface area contributed by atoms with Crippen molar-refractivity contribution in [1.29, 1.82) is 0 Å². The summed E-state index contributed by atoms with van der Waals surface area (Å²) in [6.07, 6.45) is 15.3. The minimum absolute atomic E-state index is 0. The Kier molecular flexibility index (Phi) is 9.35. The molecule has 0 aromatic heterocycles. The Hall–Kier alpha value is -1.64. The van der Waals surface area contributed by atoms with Crippen molar-refractivity contribution in [2.24, 2.45) is 0 Å². The molecular weight excluding hydrogens is 296 g/mol. The van der Waals surface area contributed by atoms with Crippen LogP contribution in [0.1, 0.15) is 20.3 Å². The van der Waals surface area contributed by atoms with Crippen LogP contribution in [0.2, 0.25) is 0 Å². The SMILES string of the molecule is CC([O-])=C1C=CC=C1.CCCOC([O-])=C1C=CC=C1.[Fe+2]. The van der Waals surface area contributed by atoms with Gasteiger partial charge in [-0.2, -0.15) is 0 Å². The van der Waals surface area contributed by atoms with Crippen molar-refractivity contribution in [2.75, 3.05) is 6.61 Å². The monoisotopic (exact) mass is 314 g/mol. The van der Waals surface area contributed by atoms with Crippen molar-refractivity contribution in [2.45, 2.75) is 20.3 Å². The maximum atomic E-state index is 11.0. The summed E-state index contributed by atoms with van der Waals surface area (Å²) < 4.78 is 4.90. The van der Waals surface area contributed by atoms with Crippen LogP contribution in [0, 0.1) is 0 Å². The van der Waals surface area contributed by atoms with E-state index in [1.807, 2.05) is 43.4 Å². The summed E-state index contributed by atoms with van der Waals surface area (Å²) in [5.74, 6) is -0.0909. The van der Waals surface area contributed by atoms with Gasteiger partial charge in [0.15, 0.2) is 0 Å². The average Bonchev–Trinajstić information content (AvgIpc) is 3.07. The van der Waals surface area contributed by atoms with Crippen LogP contribution in [-0.2, 0) is 21.8 Å². The summed E-state index contributed by atoms with van der Waals surface area (Å²) in [6, 6.07) is 0. The fourth-order valence-electron chi connectivity index (χ4n) is 1.40. The Morgan fingerprint density at radius 2 is 1.40 bits per heavy atom. The summed E-state index contributed by atoms with van der Waals surface area (Å²) in [4.78, 5) is 0. The third-order valence-corrected chi connectivity index (χ3v) is 2.40. The predicted molar refractivity (Wildman–Crippen MR) is 72.5 cm³/mol. The fourth-order valence-corrected chi connectivity index (χ4v) is 1.40. The van der Waals surface area contributed by atoms with Crippen LogP contribution in [-0.4, -0.2) is 6.61 Å². The molecule has 0 saturated heterocycles. The molecular formula is C16H18FeO3. The predicted octanol–water partition coefficient (Wildman–Crippen LogP) is 1.86. The maximum absolute atomic E-state index is 11.0. The standard InChI is InChI=1S/C9H12O2.C7H8O.Fe/c1-2-7-11-9(10)8-5-3-4-6-8;1-6(8)7-4-2-3-5-7;/h3-6,10H,2,7H2,1H3;2-5,8H,1H3;/q;;+2/p-2. The Balaban J connectivity index is 0.000000359. The van der Waals surface area contributed by atoms with Crippen LogP contribution in [0.5, 0.6) is 0 Å². The van der Waals surface area contributed by atoms with Crippen LogP contribution >= 0.6 is 0 Å². The first-order valence-electron chi connectivity index (χ1n) is 6.26. The molecule has 0 amide bonds. The molecule has 0 saturated carbocycles. The summed E-state index contributed by atoms with van der Waals surface area (Å²) in [5.41, 5.74) is 1.43. The van der Waals surface area contributed by atoms with E-state index in [2.05, 4.69) is 0 Å². The molecule has 0 unspecified atom stereocenters. The van der Waals surface area contributed by atoms with E-state index >= 15 is 0 Å². The largest absolute Gasteiger partial charge is 2.00 e. The van der Waals surface area contributed by atoms with Gasteiger partial charge >= 0.3 is 17.1 Å². The quantitative estimate of drug-likeness (QED) is 0.590. The van der Waals surface area contributed by atoms with E-state index in [1.54, 1.807) is 19.1 Å². The third-order valence-electron chi connectivity index (χ3n) is 2.40. The van der Waals surface area contributed by atoms with Gasteiger partial charge in [-0.15, -0.1) is 5.76 Å². The molecule has 108 valence electrons. The summed E-state index contributed by atoms with van der Waals surface area (Å²) >= 11 is 0. The summed E-state index contributed by atoms with van der Waals surface area (Å²) in [7, 11) is 0. The van der Waals surface area contributed by atoms with Crippen molar-refractivity contribution in [3.05, 3.63) is 71.5 Å². The van der Waals surface area contributed by atoms with Gasteiger partial charge in [0.2, 0.25) is 0 Å². The zero-order valence-corrected chi connectivity index (χ0v) is 12.7. The van der Waals surface area contributed by atoms with E-state index < -0.39 is 0 Å². The van der Waals surface area contributed by atoms with Gasteiger partial charge in [-0.1, -0.05) is 62.5 Å². The average molecular weight is 314 g/mol. The van der Waals surface area contributed by atoms with E-state index in [0.717, 1.165) is 12.0 Å². The Labute approximate surface area is 130 Å². The zero-order chi connectivity index (χ0) is 14.1. The summed E-state index contributed by atoms with van der Waals surface area (Å²) in [5, 5.41) is 21.5. The number of ether oxygens (including phenoxy) is 1. The number of rotatable bonds is 3. The Morgan fingerprint density at radius 1 is 0.950 bits per heavy atom. The zero-order valence-electron chi connectivity index (χ0n) is 11.6. The minimum Gasteiger partial charge on any atom is -0.875 e. The first-order valence-corrected chi connectivity index (χ1v) is 6.26. The van der Waals surface area contributed by atoms with Crippen LogP contribution in [0.15, 0.2) is 71.5 Å². The van der Waals surface area contributed by atoms with Gasteiger partial charge in [-0.3, -0.25) is 0 Å². The minimum atomic E-state index is -0.225. The fraction of sp³-hybridized carbons (Fsp3) is 0.250. The van der Waals surface area contributed by atoms with Crippen LogP contribution < -0.4 is 10.2 Å². The number of hydrogen-bond acceptors (Lipinski definition) is 3. The third kappa shape index (κ3) is 6.50. The molecule has 0 atom stereocenters. The van der Waals surface area contributed by atoms with Gasteiger partial charge in [-0.25, -0.2) is 0 Å². The van der Waals surface area contributed by atoms with E-state index in [1.165, 1.54) is 0 Å². The first kappa shape index (κ1) is 18.4. The van der Waals surface area contributed by atoms with Crippen molar-refractivity contribution < 1.29 is 32.0 Å². The van der Waals surface area contributed by atoms with E-state index in [0.29, 0.717) is 12.2 Å². The maximum Gasteiger partial charge on any atom is 2.00 e. The van der Waals surface area contributed by atoms with Crippen molar-refractivity contribution in [3.63, 3.8) is 0 Å². The second kappa shape index (κ2) is 10.2. The molecule has 0 fully saturated rings. The topological polar surface area (TPSA) is 55.3 Å². The molecule has 2 rings (SSSR count). The van der Waals surface area contributed by atoms with Gasteiger partial charge in [0.1, 0.15) is 0 Å². The number of allylic oxidation sites excluding steroid dienone is 11. The molecule has 0 radical (unpaired) electrons. The van der Waals surface area contributed by atoms with Crippen molar-refractivity contribution in [3.8, 4) is 0 Å². The van der Waals surface area contributed by atoms with Gasteiger partial charge in [-0.05, 0) is 24.2 Å². The first-order chi connectivity index (χ1) is 9.15. The molecule has 3 nitrogen and oxygen atoms in total. The second-order valence-corrected chi connectivity index (χ2v) is 4.04. The van der Waals surface area contributed by atoms with Gasteiger partial charge in [0.05, 0.1) is 5.95 Å². The van der Waals surface area contributed by atoms with Crippen molar-refractivity contribution >= 4 is 0 Å². The van der Waals surface area contributed by atoms with Gasteiger partial charge in [0, 0.05) is 0 Å². The smallest absolute Gasteiger partial charge is 0.875 e. The van der Waals surface area contributed by atoms with Crippen LogP contribution in [0.4, 0.5) is 0 Å². The molecule has 0 aromatic rings. The van der Waals surface area contributed by atoms with Crippen LogP contribution in [0.25, 0.3) is 0 Å². The van der Waals surface area contributed by atoms with E-state index in [4.69, 9.17) is 4.74 Å². The van der Waals surface area contributed by atoms with E-state index in [9.17, 15) is 10.2 Å². The molecule has 0 N–H and O–H groups in total. The Bertz CT molecular complexity index is 448. The van der Waals surface area contributed by atoms with Gasteiger partial charge in [0.25, 0.3) is 0 Å². The molecule has 0 bridgehead atoms. The van der Waals surface area contributed by atoms with Gasteiger partial charge < -0.3 is 14.9 Å². The normalized spacial score (nSPS) is 13.9. The molecule has 2 aliphatic carbocycles. The van der Waals surface area contributed by atoms with E-state index in [-0.39, 0.29) is 28.8 Å². The number of hydrogen-bond donors (Lipinski definition) is 0. The molecule has 0 aliphatic heterocycles. The Morgan fingerprint density at radius 3 is 1.75 bits per heavy atom. The molecule has 20 heavy (non-hydrogen) atoms. The molecule has 4 heteroatoms. The summed E-state index contributed by atoms with van der Waals surface area (Å²) in [6.45, 7) is 4.04. The molecule has 0 aromatic carbocycles. The molecule has 0 spiro atoms.